The van der Waals surface area contributed by atoms with Crippen LogP contribution in [0.4, 0.5) is 0 Å². The molecule has 2 rings (SSSR count). The summed E-state index contributed by atoms with van der Waals surface area (Å²) in [6, 6.07) is 9.87. The van der Waals surface area contributed by atoms with Crippen molar-refractivity contribution in [2.24, 2.45) is 0 Å². The summed E-state index contributed by atoms with van der Waals surface area (Å²) in [6.07, 6.45) is 0. The largest absolute Gasteiger partial charge is 0.465 e. The standard InChI is InChI=1S/C13H9Cl2NO3/c1-18-13(17)10-5-6-11(16-12(10)15)19-9-4-2-3-8(14)7-9/h2-7H,1H3. The molecule has 0 saturated heterocycles. The zero-order valence-electron chi connectivity index (χ0n) is 9.89. The highest BCUT2D eigenvalue weighted by molar-refractivity contribution is 6.32. The molecule has 1 heterocycles. The molecule has 0 aliphatic heterocycles. The van der Waals surface area contributed by atoms with Gasteiger partial charge in [0.1, 0.15) is 10.9 Å². The van der Waals surface area contributed by atoms with E-state index in [0.29, 0.717) is 10.8 Å². The molecule has 0 bridgehead atoms. The van der Waals surface area contributed by atoms with Gasteiger partial charge in [-0.1, -0.05) is 29.3 Å². The highest BCUT2D eigenvalue weighted by atomic mass is 35.5. The average molecular weight is 298 g/mol. The molecule has 1 aromatic heterocycles. The number of nitrogens with zero attached hydrogens (tertiary/aromatic N) is 1. The van der Waals surface area contributed by atoms with Crippen molar-refractivity contribution in [3.63, 3.8) is 0 Å². The van der Waals surface area contributed by atoms with E-state index in [1.54, 1.807) is 24.3 Å². The quantitative estimate of drug-likeness (QED) is 0.635. The SMILES string of the molecule is COC(=O)c1ccc(Oc2cccc(Cl)c2)nc1Cl. The van der Waals surface area contributed by atoms with Crippen LogP contribution in [0.5, 0.6) is 11.6 Å². The molecule has 0 spiro atoms. The first-order valence-corrected chi connectivity index (χ1v) is 6.04. The Hall–Kier alpha value is -1.78. The molecule has 0 aliphatic rings. The van der Waals surface area contributed by atoms with Crippen molar-refractivity contribution in [2.45, 2.75) is 0 Å². The third kappa shape index (κ3) is 3.36. The van der Waals surface area contributed by atoms with Gasteiger partial charge in [0.25, 0.3) is 0 Å². The number of methoxy groups -OCH3 is 1. The van der Waals surface area contributed by atoms with E-state index >= 15 is 0 Å². The maximum atomic E-state index is 11.3. The fourth-order valence-electron chi connectivity index (χ4n) is 1.39. The van der Waals surface area contributed by atoms with Crippen LogP contribution in [0.15, 0.2) is 36.4 Å². The first-order chi connectivity index (χ1) is 9.10. The summed E-state index contributed by atoms with van der Waals surface area (Å²) in [5.41, 5.74) is 0.183. The summed E-state index contributed by atoms with van der Waals surface area (Å²) >= 11 is 11.7. The first kappa shape index (κ1) is 13.6. The van der Waals surface area contributed by atoms with Gasteiger partial charge >= 0.3 is 5.97 Å². The lowest BCUT2D eigenvalue weighted by Gasteiger charge is -2.07. The fraction of sp³-hybridized carbons (Fsp3) is 0.0769. The van der Waals surface area contributed by atoms with Gasteiger partial charge in [-0.2, -0.15) is 0 Å². The Balaban J connectivity index is 2.23. The molecule has 6 heteroatoms. The second kappa shape index (κ2) is 5.91. The number of aromatic nitrogens is 1. The van der Waals surface area contributed by atoms with Crippen LogP contribution in [0, 0.1) is 0 Å². The Labute approximate surface area is 119 Å². The van der Waals surface area contributed by atoms with E-state index in [4.69, 9.17) is 27.9 Å². The first-order valence-electron chi connectivity index (χ1n) is 5.28. The van der Waals surface area contributed by atoms with Crippen LogP contribution >= 0.6 is 23.2 Å². The summed E-state index contributed by atoms with van der Waals surface area (Å²) in [6.45, 7) is 0. The van der Waals surface area contributed by atoms with Gasteiger partial charge in [-0.05, 0) is 24.3 Å². The zero-order valence-corrected chi connectivity index (χ0v) is 11.4. The molecule has 0 radical (unpaired) electrons. The summed E-state index contributed by atoms with van der Waals surface area (Å²) in [5, 5.41) is 0.571. The lowest BCUT2D eigenvalue weighted by atomic mass is 10.3. The average Bonchev–Trinajstić information content (AvgIpc) is 2.38. The molecule has 0 saturated carbocycles. The van der Waals surface area contributed by atoms with Gasteiger partial charge in [0.05, 0.1) is 12.7 Å². The maximum Gasteiger partial charge on any atom is 0.341 e. The van der Waals surface area contributed by atoms with Crippen LogP contribution < -0.4 is 4.74 Å². The Morgan fingerprint density at radius 1 is 1.21 bits per heavy atom. The zero-order chi connectivity index (χ0) is 13.8. The second-order valence-electron chi connectivity index (χ2n) is 3.54. The molecule has 0 N–H and O–H groups in total. The van der Waals surface area contributed by atoms with Gasteiger partial charge in [-0.3, -0.25) is 0 Å². The Kier molecular flexibility index (Phi) is 4.24. The summed E-state index contributed by atoms with van der Waals surface area (Å²) in [5.74, 6) is 0.244. The van der Waals surface area contributed by atoms with Crippen molar-refractivity contribution in [1.29, 1.82) is 0 Å². The van der Waals surface area contributed by atoms with Crippen LogP contribution in [0.3, 0.4) is 0 Å². The number of esters is 1. The molecule has 0 atom stereocenters. The van der Waals surface area contributed by atoms with Crippen LogP contribution in [0.25, 0.3) is 0 Å². The molecule has 4 nitrogen and oxygen atoms in total. The second-order valence-corrected chi connectivity index (χ2v) is 4.33. The molecule has 19 heavy (non-hydrogen) atoms. The van der Waals surface area contributed by atoms with Crippen LogP contribution in [-0.2, 0) is 4.74 Å². The molecule has 0 fully saturated rings. The molecular formula is C13H9Cl2NO3. The Bertz CT molecular complexity index is 617. The van der Waals surface area contributed by atoms with Crippen molar-refractivity contribution in [1.82, 2.24) is 4.98 Å². The minimum Gasteiger partial charge on any atom is -0.465 e. The predicted molar refractivity (Wildman–Crippen MR) is 72.1 cm³/mol. The molecule has 0 unspecified atom stereocenters. The van der Waals surface area contributed by atoms with E-state index in [2.05, 4.69) is 9.72 Å². The third-order valence-electron chi connectivity index (χ3n) is 2.25. The topological polar surface area (TPSA) is 48.4 Å². The van der Waals surface area contributed by atoms with Crippen molar-refractivity contribution < 1.29 is 14.3 Å². The van der Waals surface area contributed by atoms with E-state index in [-0.39, 0.29) is 16.6 Å². The monoisotopic (exact) mass is 297 g/mol. The highest BCUT2D eigenvalue weighted by Gasteiger charge is 2.13. The number of halogens is 2. The van der Waals surface area contributed by atoms with Crippen molar-refractivity contribution in [3.8, 4) is 11.6 Å². The fourth-order valence-corrected chi connectivity index (χ4v) is 1.79. The van der Waals surface area contributed by atoms with E-state index < -0.39 is 5.97 Å². The number of hydrogen-bond acceptors (Lipinski definition) is 4. The number of benzene rings is 1. The minimum absolute atomic E-state index is 0.0198. The number of pyridine rings is 1. The minimum atomic E-state index is -0.549. The Morgan fingerprint density at radius 3 is 2.63 bits per heavy atom. The van der Waals surface area contributed by atoms with Crippen LogP contribution in [0.1, 0.15) is 10.4 Å². The lowest BCUT2D eigenvalue weighted by Crippen LogP contribution is -2.03. The van der Waals surface area contributed by atoms with Crippen molar-refractivity contribution >= 4 is 29.2 Å². The van der Waals surface area contributed by atoms with Gasteiger partial charge in [-0.25, -0.2) is 9.78 Å². The maximum absolute atomic E-state index is 11.3. The number of rotatable bonds is 3. The number of carbonyl (C=O) groups excluding carboxylic acids is 1. The summed E-state index contributed by atoms with van der Waals surface area (Å²) in [7, 11) is 1.27. The molecule has 2 aromatic rings. The van der Waals surface area contributed by atoms with Crippen LogP contribution in [-0.4, -0.2) is 18.1 Å². The van der Waals surface area contributed by atoms with E-state index in [0.717, 1.165) is 0 Å². The van der Waals surface area contributed by atoms with Gasteiger partial charge in [-0.15, -0.1) is 0 Å². The molecule has 0 amide bonds. The van der Waals surface area contributed by atoms with Gasteiger partial charge in [0.15, 0.2) is 0 Å². The van der Waals surface area contributed by atoms with Crippen LogP contribution in [0.2, 0.25) is 10.2 Å². The van der Waals surface area contributed by atoms with E-state index in [1.165, 1.54) is 19.2 Å². The number of ether oxygens (including phenoxy) is 2. The predicted octanol–water partition coefficient (Wildman–Crippen LogP) is 3.97. The summed E-state index contributed by atoms with van der Waals surface area (Å²) in [4.78, 5) is 15.3. The van der Waals surface area contributed by atoms with E-state index in [9.17, 15) is 4.79 Å². The van der Waals surface area contributed by atoms with Crippen molar-refractivity contribution in [3.05, 3.63) is 52.1 Å². The highest BCUT2D eigenvalue weighted by Crippen LogP contribution is 2.25. The summed E-state index contributed by atoms with van der Waals surface area (Å²) < 4.78 is 10.0. The Morgan fingerprint density at radius 2 is 2.00 bits per heavy atom. The molecule has 1 aromatic carbocycles. The number of hydrogen-bond donors (Lipinski definition) is 0. The lowest BCUT2D eigenvalue weighted by molar-refractivity contribution is 0.0600. The number of carbonyl (C=O) groups is 1. The van der Waals surface area contributed by atoms with Gasteiger partial charge in [0.2, 0.25) is 5.88 Å². The smallest absolute Gasteiger partial charge is 0.341 e. The van der Waals surface area contributed by atoms with E-state index in [1.807, 2.05) is 0 Å². The normalized spacial score (nSPS) is 10.1. The molecule has 0 aliphatic carbocycles. The van der Waals surface area contributed by atoms with Crippen molar-refractivity contribution in [2.75, 3.05) is 7.11 Å². The molecule has 98 valence electrons. The van der Waals surface area contributed by atoms with Gasteiger partial charge in [0, 0.05) is 11.1 Å². The third-order valence-corrected chi connectivity index (χ3v) is 2.77. The van der Waals surface area contributed by atoms with Gasteiger partial charge < -0.3 is 9.47 Å². The molecular weight excluding hydrogens is 289 g/mol.